The van der Waals surface area contributed by atoms with Crippen LogP contribution >= 0.6 is 0 Å². The van der Waals surface area contributed by atoms with Gasteiger partial charge in [0.25, 0.3) is 0 Å². The van der Waals surface area contributed by atoms with Crippen LogP contribution in [0.1, 0.15) is 19.8 Å². The first-order chi connectivity index (χ1) is 8.72. The smallest absolute Gasteiger partial charge is 0.188 e. The monoisotopic (exact) mass is 277 g/mol. The van der Waals surface area contributed by atoms with Gasteiger partial charge in [0.15, 0.2) is 11.6 Å². The van der Waals surface area contributed by atoms with Gasteiger partial charge in [0.05, 0.1) is 6.61 Å². The molecule has 0 heterocycles. The third-order valence-corrected chi connectivity index (χ3v) is 2.55. The minimum Gasteiger partial charge on any atom is -0.394 e. The quantitative estimate of drug-likeness (QED) is 0.277. The molecule has 0 spiro atoms. The van der Waals surface area contributed by atoms with E-state index in [0.29, 0.717) is 0 Å². The first kappa shape index (κ1) is 17.8. The number of carbonyl (C=O) groups is 3. The van der Waals surface area contributed by atoms with E-state index in [-0.39, 0.29) is 18.6 Å². The summed E-state index contributed by atoms with van der Waals surface area (Å²) in [4.78, 5) is 33.7. The summed E-state index contributed by atoms with van der Waals surface area (Å²) in [5.74, 6) is -2.48. The van der Waals surface area contributed by atoms with Crippen LogP contribution in [-0.2, 0) is 14.4 Å². The van der Waals surface area contributed by atoms with E-state index < -0.39 is 42.5 Å². The van der Waals surface area contributed by atoms with Crippen LogP contribution in [-0.4, -0.2) is 68.7 Å². The zero-order valence-corrected chi connectivity index (χ0v) is 10.5. The van der Waals surface area contributed by atoms with Crippen LogP contribution in [0, 0.1) is 0 Å². The Labute approximate surface area is 109 Å². The molecule has 0 aliphatic rings. The van der Waals surface area contributed by atoms with Gasteiger partial charge in [0, 0.05) is 6.42 Å². The lowest BCUT2D eigenvalue weighted by Gasteiger charge is -2.19. The summed E-state index contributed by atoms with van der Waals surface area (Å²) in [6.07, 6.45) is -5.57. The van der Waals surface area contributed by atoms with E-state index in [1.807, 2.05) is 0 Å². The van der Waals surface area contributed by atoms with E-state index in [2.05, 4.69) is 0 Å². The van der Waals surface area contributed by atoms with Crippen LogP contribution in [0.2, 0.25) is 0 Å². The maximum Gasteiger partial charge on any atom is 0.188 e. The molecule has 19 heavy (non-hydrogen) atoms. The zero-order valence-electron chi connectivity index (χ0n) is 10.5. The van der Waals surface area contributed by atoms with Crippen molar-refractivity contribution >= 4 is 17.3 Å². The van der Waals surface area contributed by atoms with Crippen molar-refractivity contribution in [2.75, 3.05) is 6.61 Å². The number of hydrogen-bond donors (Lipinski definition) is 5. The number of carbonyl (C=O) groups excluding carboxylic acids is 3. The molecule has 0 saturated heterocycles. The van der Waals surface area contributed by atoms with Gasteiger partial charge in [-0.3, -0.25) is 9.59 Å². The summed E-state index contributed by atoms with van der Waals surface area (Å²) in [6.45, 7) is 0.407. The Morgan fingerprint density at radius 3 is 2.05 bits per heavy atom. The van der Waals surface area contributed by atoms with Crippen molar-refractivity contribution in [3.63, 3.8) is 0 Å². The van der Waals surface area contributed by atoms with Gasteiger partial charge in [-0.15, -0.1) is 0 Å². The normalized spacial score (nSPS) is 17.4. The Kier molecular flexibility index (Phi) is 7.57. The number of Topliss-reactive ketones (excluding diaryl/α,β-unsaturated/α-hetero) is 3. The molecule has 6 N–H and O–H groups in total. The Hall–Kier alpha value is -1.19. The van der Waals surface area contributed by atoms with Crippen molar-refractivity contribution in [1.29, 1.82) is 0 Å². The Bertz CT molecular complexity index is 344. The van der Waals surface area contributed by atoms with Crippen molar-refractivity contribution < 1.29 is 34.8 Å². The maximum atomic E-state index is 11.5. The number of rotatable bonds is 9. The molecule has 0 rings (SSSR count). The lowest BCUT2D eigenvalue weighted by molar-refractivity contribution is -0.142. The van der Waals surface area contributed by atoms with Gasteiger partial charge in [0.1, 0.15) is 30.1 Å². The Morgan fingerprint density at radius 1 is 1.11 bits per heavy atom. The summed E-state index contributed by atoms with van der Waals surface area (Å²) in [5, 5.41) is 36.3. The summed E-state index contributed by atoms with van der Waals surface area (Å²) in [6, 6.07) is -1.82. The topological polar surface area (TPSA) is 158 Å². The van der Waals surface area contributed by atoms with E-state index in [4.69, 9.17) is 15.9 Å². The van der Waals surface area contributed by atoms with Gasteiger partial charge in [-0.05, 0) is 13.3 Å². The van der Waals surface area contributed by atoms with Gasteiger partial charge in [0.2, 0.25) is 0 Å². The second kappa shape index (κ2) is 8.08. The summed E-state index contributed by atoms with van der Waals surface area (Å²) in [7, 11) is 0. The molecule has 0 amide bonds. The van der Waals surface area contributed by atoms with Crippen molar-refractivity contribution in [2.24, 2.45) is 5.73 Å². The molecular formula is C11H19NO7. The highest BCUT2D eigenvalue weighted by atomic mass is 16.4. The molecule has 1 unspecified atom stereocenters. The van der Waals surface area contributed by atoms with Crippen molar-refractivity contribution in [1.82, 2.24) is 0 Å². The fourth-order valence-corrected chi connectivity index (χ4v) is 1.30. The summed E-state index contributed by atoms with van der Waals surface area (Å²) < 4.78 is 0. The van der Waals surface area contributed by atoms with Gasteiger partial charge < -0.3 is 31.0 Å². The average Bonchev–Trinajstić information content (AvgIpc) is 2.40. The summed E-state index contributed by atoms with van der Waals surface area (Å²) in [5.41, 5.74) is 5.26. The van der Waals surface area contributed by atoms with Crippen LogP contribution < -0.4 is 5.73 Å². The van der Waals surface area contributed by atoms with E-state index in [1.54, 1.807) is 0 Å². The Morgan fingerprint density at radius 2 is 1.63 bits per heavy atom. The molecule has 0 aromatic carbocycles. The molecule has 0 saturated carbocycles. The third-order valence-electron chi connectivity index (χ3n) is 2.55. The number of ketones is 3. The molecule has 4 atom stereocenters. The van der Waals surface area contributed by atoms with E-state index in [0.717, 1.165) is 0 Å². The maximum absolute atomic E-state index is 11.5. The summed E-state index contributed by atoms with van der Waals surface area (Å²) >= 11 is 0. The average molecular weight is 277 g/mol. The number of aliphatic hydroxyl groups excluding tert-OH is 4. The van der Waals surface area contributed by atoms with Crippen molar-refractivity contribution in [3.05, 3.63) is 0 Å². The molecule has 0 aromatic heterocycles. The van der Waals surface area contributed by atoms with Crippen LogP contribution in [0.15, 0.2) is 0 Å². The molecule has 0 aromatic rings. The van der Waals surface area contributed by atoms with Crippen molar-refractivity contribution in [3.8, 4) is 0 Å². The van der Waals surface area contributed by atoms with Crippen LogP contribution in [0.5, 0.6) is 0 Å². The minimum atomic E-state index is -2.01. The zero-order chi connectivity index (χ0) is 15.2. The molecule has 8 nitrogen and oxygen atoms in total. The highest BCUT2D eigenvalue weighted by Gasteiger charge is 2.34. The second-order valence-corrected chi connectivity index (χ2v) is 4.23. The van der Waals surface area contributed by atoms with E-state index in [9.17, 15) is 24.6 Å². The minimum absolute atomic E-state index is 0.0460. The largest absolute Gasteiger partial charge is 0.394 e. The van der Waals surface area contributed by atoms with Gasteiger partial charge >= 0.3 is 0 Å². The first-order valence-corrected chi connectivity index (χ1v) is 5.69. The predicted molar refractivity (Wildman–Crippen MR) is 63.0 cm³/mol. The SMILES string of the molecule is CC(=O)CCC(O)C(=O)[C@@H](N)C(=O)[C@H](O)[C@H](O)CO. The Balaban J connectivity index is 4.54. The second-order valence-electron chi connectivity index (χ2n) is 4.23. The number of aliphatic hydroxyl groups is 4. The van der Waals surface area contributed by atoms with Crippen LogP contribution in [0.3, 0.4) is 0 Å². The molecule has 0 aliphatic heterocycles. The first-order valence-electron chi connectivity index (χ1n) is 5.69. The van der Waals surface area contributed by atoms with Gasteiger partial charge in [-0.1, -0.05) is 0 Å². The van der Waals surface area contributed by atoms with E-state index >= 15 is 0 Å². The highest BCUT2D eigenvalue weighted by molar-refractivity contribution is 6.09. The fourth-order valence-electron chi connectivity index (χ4n) is 1.30. The number of hydrogen-bond acceptors (Lipinski definition) is 8. The predicted octanol–water partition coefficient (Wildman–Crippen LogP) is -3.10. The fraction of sp³-hybridized carbons (Fsp3) is 0.727. The molecule has 0 aliphatic carbocycles. The number of nitrogens with two attached hydrogens (primary N) is 1. The van der Waals surface area contributed by atoms with Crippen molar-refractivity contribution in [2.45, 2.75) is 44.1 Å². The molecule has 8 heteroatoms. The molecule has 0 bridgehead atoms. The highest BCUT2D eigenvalue weighted by Crippen LogP contribution is 2.05. The van der Waals surface area contributed by atoms with E-state index in [1.165, 1.54) is 6.92 Å². The van der Waals surface area contributed by atoms with Gasteiger partial charge in [-0.25, -0.2) is 0 Å². The molecule has 0 fully saturated rings. The lowest BCUT2D eigenvalue weighted by Crippen LogP contribution is -2.52. The van der Waals surface area contributed by atoms with Gasteiger partial charge in [-0.2, -0.15) is 0 Å². The molecular weight excluding hydrogens is 258 g/mol. The molecule has 110 valence electrons. The lowest BCUT2D eigenvalue weighted by atomic mass is 9.96. The van der Waals surface area contributed by atoms with Crippen LogP contribution in [0.25, 0.3) is 0 Å². The molecule has 0 radical (unpaired) electrons. The standard InChI is InChI=1S/C11H19NO7/c1-5(14)2-3-6(15)9(17)8(12)11(19)10(18)7(16)4-13/h6-8,10,13,15-16,18H,2-4,12H2,1H3/t6?,7-,8-,10-/m1/s1. The third kappa shape index (κ3) is 5.53. The van der Waals surface area contributed by atoms with Crippen LogP contribution in [0.4, 0.5) is 0 Å².